The highest BCUT2D eigenvalue weighted by molar-refractivity contribution is 7.99. The number of piperazine rings is 1. The average Bonchev–Trinajstić information content (AvgIpc) is 3.28. The van der Waals surface area contributed by atoms with Crippen molar-refractivity contribution in [3.05, 3.63) is 47.7 Å². The molecule has 0 bridgehead atoms. The number of rotatable bonds is 7. The van der Waals surface area contributed by atoms with Gasteiger partial charge in [0.15, 0.2) is 0 Å². The van der Waals surface area contributed by atoms with Gasteiger partial charge >= 0.3 is 0 Å². The first kappa shape index (κ1) is 21.6. The maximum Gasteiger partial charge on any atom is 0.277 e. The molecule has 8 nitrogen and oxygen atoms in total. The second-order valence-electron chi connectivity index (χ2n) is 7.03. The third-order valence-electron chi connectivity index (χ3n) is 5.03. The Labute approximate surface area is 190 Å². The van der Waals surface area contributed by atoms with Gasteiger partial charge in [-0.2, -0.15) is 0 Å². The summed E-state index contributed by atoms with van der Waals surface area (Å²) in [5.41, 5.74) is 2.43. The van der Waals surface area contributed by atoms with Gasteiger partial charge in [0, 0.05) is 43.6 Å². The van der Waals surface area contributed by atoms with E-state index in [2.05, 4.69) is 37.2 Å². The summed E-state index contributed by atoms with van der Waals surface area (Å²) in [6.45, 7) is 7.04. The summed E-state index contributed by atoms with van der Waals surface area (Å²) in [6.07, 6.45) is 3.32. The predicted molar refractivity (Wildman–Crippen MR) is 123 cm³/mol. The van der Waals surface area contributed by atoms with Crippen LogP contribution >= 0.6 is 23.4 Å². The Kier molecular flexibility index (Phi) is 7.06. The van der Waals surface area contributed by atoms with Crippen molar-refractivity contribution in [1.29, 1.82) is 0 Å². The average molecular weight is 459 g/mol. The molecule has 0 unspecified atom stereocenters. The maximum atomic E-state index is 12.6. The molecule has 1 aliphatic rings. The fourth-order valence-electron chi connectivity index (χ4n) is 3.38. The topological polar surface area (TPSA) is 87.4 Å². The first-order chi connectivity index (χ1) is 15.1. The first-order valence-electron chi connectivity index (χ1n) is 10.1. The third-order valence-corrected chi connectivity index (χ3v) is 6.09. The number of aromatic nitrogens is 3. The van der Waals surface area contributed by atoms with Gasteiger partial charge < -0.3 is 19.5 Å². The zero-order chi connectivity index (χ0) is 21.6. The molecule has 1 fully saturated rings. The van der Waals surface area contributed by atoms with E-state index in [1.807, 2.05) is 18.2 Å². The van der Waals surface area contributed by atoms with E-state index in [9.17, 15) is 4.79 Å². The van der Waals surface area contributed by atoms with Gasteiger partial charge in [-0.1, -0.05) is 30.3 Å². The van der Waals surface area contributed by atoms with Gasteiger partial charge in [-0.3, -0.25) is 9.78 Å². The molecule has 0 atom stereocenters. The third kappa shape index (κ3) is 5.55. The molecule has 0 aliphatic carbocycles. The molecule has 0 saturated carbocycles. The lowest BCUT2D eigenvalue weighted by Gasteiger charge is -2.36. The Balaban J connectivity index is 1.38. The number of anilines is 2. The van der Waals surface area contributed by atoms with E-state index >= 15 is 0 Å². The molecule has 31 heavy (non-hydrogen) atoms. The zero-order valence-electron chi connectivity index (χ0n) is 17.1. The van der Waals surface area contributed by atoms with Gasteiger partial charge in [0.1, 0.15) is 0 Å². The second-order valence-corrected chi connectivity index (χ2v) is 8.40. The van der Waals surface area contributed by atoms with Crippen LogP contribution in [0.3, 0.4) is 0 Å². The van der Waals surface area contributed by atoms with Crippen molar-refractivity contribution < 1.29 is 9.21 Å². The number of carbonyl (C=O) groups excluding carboxylic acids is 1. The number of pyridine rings is 1. The van der Waals surface area contributed by atoms with Crippen molar-refractivity contribution in [2.75, 3.05) is 48.7 Å². The van der Waals surface area contributed by atoms with Crippen LogP contribution in [-0.4, -0.2) is 64.5 Å². The van der Waals surface area contributed by atoms with Gasteiger partial charge in [0.2, 0.25) is 11.8 Å². The summed E-state index contributed by atoms with van der Waals surface area (Å²) < 4.78 is 5.62. The number of amides is 1. The van der Waals surface area contributed by atoms with E-state index in [0.717, 1.165) is 44.0 Å². The number of hydrogen-bond acceptors (Lipinski definition) is 8. The lowest BCUT2D eigenvalue weighted by molar-refractivity contribution is -0.113. The molecule has 4 rings (SSSR count). The number of benzene rings is 1. The maximum absolute atomic E-state index is 12.6. The van der Waals surface area contributed by atoms with Crippen LogP contribution in [0.1, 0.15) is 6.92 Å². The Morgan fingerprint density at radius 3 is 2.81 bits per heavy atom. The largest absolute Gasteiger partial charge is 0.411 e. The minimum absolute atomic E-state index is 0.143. The van der Waals surface area contributed by atoms with Crippen LogP contribution in [0.15, 0.2) is 52.4 Å². The molecule has 1 aromatic carbocycles. The van der Waals surface area contributed by atoms with Crippen LogP contribution < -0.4 is 10.2 Å². The molecule has 0 radical (unpaired) electrons. The number of carbonyl (C=O) groups is 1. The highest BCUT2D eigenvalue weighted by Gasteiger charge is 2.20. The summed E-state index contributed by atoms with van der Waals surface area (Å²) >= 11 is 7.38. The van der Waals surface area contributed by atoms with Crippen molar-refractivity contribution in [3.63, 3.8) is 0 Å². The van der Waals surface area contributed by atoms with Crippen LogP contribution in [0, 0.1) is 0 Å². The Morgan fingerprint density at radius 1 is 1.23 bits per heavy atom. The fraction of sp³-hybridized carbons (Fsp3) is 0.333. The van der Waals surface area contributed by atoms with E-state index in [1.165, 1.54) is 11.8 Å². The summed E-state index contributed by atoms with van der Waals surface area (Å²) in [4.78, 5) is 21.3. The lowest BCUT2D eigenvalue weighted by atomic mass is 10.2. The van der Waals surface area contributed by atoms with Crippen molar-refractivity contribution >= 4 is 40.6 Å². The molecule has 1 saturated heterocycles. The monoisotopic (exact) mass is 458 g/mol. The Hall–Kier alpha value is -2.62. The Bertz CT molecular complexity index is 1020. The van der Waals surface area contributed by atoms with E-state index in [0.29, 0.717) is 21.8 Å². The summed E-state index contributed by atoms with van der Waals surface area (Å²) in [5.74, 6) is 0.353. The van der Waals surface area contributed by atoms with Gasteiger partial charge in [0.05, 0.1) is 22.7 Å². The smallest absolute Gasteiger partial charge is 0.277 e. The standard InChI is InChI=1S/C21H23ClN6O2S/c1-2-27-8-10-28(11-9-27)18-6-5-16(22)12-17(18)24-19(29)14-31-21-26-25-20(30-21)15-4-3-7-23-13-15/h3-7,12-13H,2,8-11,14H2,1H3,(H,24,29). The highest BCUT2D eigenvalue weighted by atomic mass is 35.5. The number of thioether (sulfide) groups is 1. The molecule has 3 aromatic rings. The van der Waals surface area contributed by atoms with Crippen LogP contribution in [0.4, 0.5) is 11.4 Å². The number of nitrogens with one attached hydrogen (secondary N) is 1. The van der Waals surface area contributed by atoms with E-state index in [1.54, 1.807) is 24.5 Å². The van der Waals surface area contributed by atoms with E-state index in [-0.39, 0.29) is 11.7 Å². The highest BCUT2D eigenvalue weighted by Crippen LogP contribution is 2.30. The minimum Gasteiger partial charge on any atom is -0.411 e. The molecule has 2 aromatic heterocycles. The van der Waals surface area contributed by atoms with Crippen molar-refractivity contribution in [1.82, 2.24) is 20.1 Å². The molecule has 10 heteroatoms. The Morgan fingerprint density at radius 2 is 2.06 bits per heavy atom. The number of hydrogen-bond donors (Lipinski definition) is 1. The number of halogens is 1. The zero-order valence-corrected chi connectivity index (χ0v) is 18.7. The van der Waals surface area contributed by atoms with Gasteiger partial charge in [-0.15, -0.1) is 10.2 Å². The predicted octanol–water partition coefficient (Wildman–Crippen LogP) is 3.66. The van der Waals surface area contributed by atoms with E-state index < -0.39 is 0 Å². The lowest BCUT2D eigenvalue weighted by Crippen LogP contribution is -2.46. The van der Waals surface area contributed by atoms with E-state index in [4.69, 9.17) is 16.0 Å². The van der Waals surface area contributed by atoms with Crippen LogP contribution in [-0.2, 0) is 4.79 Å². The van der Waals surface area contributed by atoms with Crippen LogP contribution in [0.25, 0.3) is 11.5 Å². The number of likely N-dealkylation sites (N-methyl/N-ethyl adjacent to an activating group) is 1. The quantitative estimate of drug-likeness (QED) is 0.537. The first-order valence-corrected chi connectivity index (χ1v) is 11.4. The van der Waals surface area contributed by atoms with Crippen LogP contribution in [0.5, 0.6) is 0 Å². The second kappa shape index (κ2) is 10.1. The number of nitrogens with zero attached hydrogens (tertiary/aromatic N) is 5. The molecular weight excluding hydrogens is 436 g/mol. The molecule has 3 heterocycles. The fourth-order valence-corrected chi connectivity index (χ4v) is 4.11. The van der Waals surface area contributed by atoms with Crippen molar-refractivity contribution in [3.8, 4) is 11.5 Å². The van der Waals surface area contributed by atoms with Crippen molar-refractivity contribution in [2.45, 2.75) is 12.1 Å². The molecule has 0 spiro atoms. The molecule has 1 aliphatic heterocycles. The normalized spacial score (nSPS) is 14.6. The summed E-state index contributed by atoms with van der Waals surface area (Å²) in [7, 11) is 0. The molecule has 162 valence electrons. The SMILES string of the molecule is CCN1CCN(c2ccc(Cl)cc2NC(=O)CSc2nnc(-c3cccnc3)o2)CC1. The minimum atomic E-state index is -0.165. The van der Waals surface area contributed by atoms with Crippen molar-refractivity contribution in [2.24, 2.45) is 0 Å². The van der Waals surface area contributed by atoms with Gasteiger partial charge in [0.25, 0.3) is 5.22 Å². The summed E-state index contributed by atoms with van der Waals surface area (Å²) in [5, 5.41) is 11.9. The molecule has 1 amide bonds. The van der Waals surface area contributed by atoms with Gasteiger partial charge in [-0.05, 0) is 36.9 Å². The van der Waals surface area contributed by atoms with Crippen LogP contribution in [0.2, 0.25) is 5.02 Å². The van der Waals surface area contributed by atoms with Gasteiger partial charge in [-0.25, -0.2) is 0 Å². The molecule has 1 N–H and O–H groups in total. The summed E-state index contributed by atoms with van der Waals surface area (Å²) in [6, 6.07) is 9.24. The molecular formula is C21H23ClN6O2S.